The largest absolute Gasteiger partial charge is 0.472 e. The van der Waals surface area contributed by atoms with Gasteiger partial charge in [-0.15, -0.1) is 0 Å². The topological polar surface area (TPSA) is 155 Å². The second-order valence-corrected chi connectivity index (χ2v) is 7.48. The normalized spacial score (nSPS) is 20.1. The highest BCUT2D eigenvalue weighted by atomic mass is 31.2. The first-order chi connectivity index (χ1) is 11.4. The van der Waals surface area contributed by atoms with Crippen LogP contribution in [0.1, 0.15) is 27.2 Å². The third-order valence-electron chi connectivity index (χ3n) is 3.16. The summed E-state index contributed by atoms with van der Waals surface area (Å²) >= 11 is 0. The third-order valence-corrected chi connectivity index (χ3v) is 3.61. The van der Waals surface area contributed by atoms with E-state index in [2.05, 4.69) is 9.26 Å². The summed E-state index contributed by atoms with van der Waals surface area (Å²) in [5, 5.41) is 9.25. The fourth-order valence-corrected chi connectivity index (χ4v) is 2.29. The first-order valence-corrected chi connectivity index (χ1v) is 9.07. The maximum absolute atomic E-state index is 12.1. The average Bonchev–Trinajstić information content (AvgIpc) is 3.11. The lowest BCUT2D eigenvalue weighted by atomic mass is 9.88. The van der Waals surface area contributed by atoms with Gasteiger partial charge in [0, 0.05) is 6.54 Å². The Bertz CT molecular complexity index is 519. The quantitative estimate of drug-likeness (QED) is 0.205. The number of aliphatic hydroxyl groups is 1. The Morgan fingerprint density at radius 1 is 1.28 bits per heavy atom. The highest BCUT2D eigenvalue weighted by Gasteiger charge is 2.41. The minimum Gasteiger partial charge on any atom is -0.466 e. The summed E-state index contributed by atoms with van der Waals surface area (Å²) in [4.78, 5) is 42.1. The van der Waals surface area contributed by atoms with Crippen LogP contribution >= 0.6 is 7.82 Å². The molecule has 1 aliphatic rings. The van der Waals surface area contributed by atoms with E-state index >= 15 is 0 Å². The van der Waals surface area contributed by atoms with Crippen LogP contribution in [0.25, 0.3) is 0 Å². The molecule has 1 fully saturated rings. The Kier molecular flexibility index (Phi) is 7.79. The van der Waals surface area contributed by atoms with Crippen LogP contribution in [0.3, 0.4) is 0 Å². The molecule has 1 saturated heterocycles. The van der Waals surface area contributed by atoms with Crippen LogP contribution in [0.2, 0.25) is 0 Å². The number of amides is 1. The van der Waals surface area contributed by atoms with E-state index in [0.717, 1.165) is 0 Å². The lowest BCUT2D eigenvalue weighted by molar-refractivity contribution is -0.145. The predicted octanol–water partition coefficient (Wildman–Crippen LogP) is 0.188. The number of hydrogen-bond acceptors (Lipinski definition) is 8. The molecule has 0 aromatic rings. The van der Waals surface area contributed by atoms with Gasteiger partial charge in [0.1, 0.15) is 6.10 Å². The van der Waals surface area contributed by atoms with Gasteiger partial charge in [-0.1, -0.05) is 13.8 Å². The van der Waals surface area contributed by atoms with Crippen molar-refractivity contribution in [1.29, 1.82) is 0 Å². The van der Waals surface area contributed by atoms with Crippen molar-refractivity contribution >= 4 is 19.9 Å². The second kappa shape index (κ2) is 8.93. The second-order valence-electron chi connectivity index (χ2n) is 6.24. The van der Waals surface area contributed by atoms with Gasteiger partial charge >= 0.3 is 19.9 Å². The lowest BCUT2D eigenvalue weighted by Crippen LogP contribution is -2.42. The van der Waals surface area contributed by atoms with Gasteiger partial charge in [0.25, 0.3) is 0 Å². The van der Waals surface area contributed by atoms with E-state index in [0.29, 0.717) is 0 Å². The van der Waals surface area contributed by atoms with E-state index in [1.807, 2.05) is 0 Å². The standard InChI is InChI=1S/C13H24NO10P/c1-4-21-10(15)5-13(2,3)7-14(6-9-11(16)24-9)12(17)22-8-23-25(18,19)20/h9,11,16H,4-8H2,1-3H3,(H2,18,19,20). The van der Waals surface area contributed by atoms with Crippen LogP contribution in [0.15, 0.2) is 0 Å². The maximum atomic E-state index is 12.1. The molecule has 12 heteroatoms. The lowest BCUT2D eigenvalue weighted by Gasteiger charge is -2.31. The predicted molar refractivity (Wildman–Crippen MR) is 82.0 cm³/mol. The molecule has 0 saturated carbocycles. The van der Waals surface area contributed by atoms with Crippen LogP contribution in [0.5, 0.6) is 0 Å². The summed E-state index contributed by atoms with van der Waals surface area (Å²) in [6.07, 6.45) is -2.46. The summed E-state index contributed by atoms with van der Waals surface area (Å²) in [6, 6.07) is 0. The van der Waals surface area contributed by atoms with Gasteiger partial charge in [0.2, 0.25) is 6.79 Å². The Morgan fingerprint density at radius 2 is 1.88 bits per heavy atom. The summed E-state index contributed by atoms with van der Waals surface area (Å²) in [7, 11) is -4.77. The summed E-state index contributed by atoms with van der Waals surface area (Å²) in [6.45, 7) is 4.51. The van der Waals surface area contributed by atoms with Crippen molar-refractivity contribution in [1.82, 2.24) is 4.90 Å². The molecule has 3 N–H and O–H groups in total. The number of phosphoric ester groups is 1. The van der Waals surface area contributed by atoms with E-state index in [1.54, 1.807) is 20.8 Å². The van der Waals surface area contributed by atoms with E-state index in [-0.39, 0.29) is 26.1 Å². The van der Waals surface area contributed by atoms with Crippen molar-refractivity contribution in [2.24, 2.45) is 5.41 Å². The fourth-order valence-electron chi connectivity index (χ4n) is 2.10. The number of epoxide rings is 1. The van der Waals surface area contributed by atoms with Crippen molar-refractivity contribution in [3.63, 3.8) is 0 Å². The van der Waals surface area contributed by atoms with E-state index < -0.39 is 44.5 Å². The van der Waals surface area contributed by atoms with Gasteiger partial charge < -0.3 is 34.0 Å². The molecule has 0 spiro atoms. The molecule has 146 valence electrons. The van der Waals surface area contributed by atoms with Crippen molar-refractivity contribution in [3.05, 3.63) is 0 Å². The number of carbonyl (C=O) groups is 2. The molecular weight excluding hydrogens is 361 g/mol. The number of rotatable bonds is 10. The number of phosphoric acid groups is 1. The van der Waals surface area contributed by atoms with Gasteiger partial charge in [-0.3, -0.25) is 4.79 Å². The molecule has 1 aliphatic heterocycles. The number of ether oxygens (including phenoxy) is 3. The first kappa shape index (κ1) is 21.8. The maximum Gasteiger partial charge on any atom is 0.472 e. The van der Waals surface area contributed by atoms with Crippen molar-refractivity contribution in [2.45, 2.75) is 39.6 Å². The van der Waals surface area contributed by atoms with Crippen molar-refractivity contribution in [2.75, 3.05) is 26.5 Å². The minimum atomic E-state index is -4.77. The zero-order valence-corrected chi connectivity index (χ0v) is 15.2. The molecule has 25 heavy (non-hydrogen) atoms. The zero-order chi connectivity index (χ0) is 19.3. The zero-order valence-electron chi connectivity index (χ0n) is 14.3. The van der Waals surface area contributed by atoms with Gasteiger partial charge in [0.15, 0.2) is 6.29 Å². The van der Waals surface area contributed by atoms with Gasteiger partial charge in [0.05, 0.1) is 19.6 Å². The van der Waals surface area contributed by atoms with Crippen LogP contribution in [0.4, 0.5) is 4.79 Å². The van der Waals surface area contributed by atoms with E-state index in [9.17, 15) is 19.3 Å². The van der Waals surface area contributed by atoms with Crippen LogP contribution < -0.4 is 0 Å². The highest BCUT2D eigenvalue weighted by molar-refractivity contribution is 7.46. The number of nitrogens with zero attached hydrogens (tertiary/aromatic N) is 1. The average molecular weight is 385 g/mol. The third kappa shape index (κ3) is 9.15. The van der Waals surface area contributed by atoms with Crippen LogP contribution in [0, 0.1) is 5.41 Å². The molecule has 11 nitrogen and oxygen atoms in total. The summed E-state index contributed by atoms with van der Waals surface area (Å²) < 4.78 is 29.0. The minimum absolute atomic E-state index is 0.0117. The Balaban J connectivity index is 2.63. The van der Waals surface area contributed by atoms with Crippen molar-refractivity contribution in [3.8, 4) is 0 Å². The Hall–Kier alpha value is -1.23. The first-order valence-electron chi connectivity index (χ1n) is 7.54. The van der Waals surface area contributed by atoms with E-state index in [1.165, 1.54) is 4.90 Å². The molecular formula is C13H24NO10P. The molecule has 0 aliphatic carbocycles. The smallest absolute Gasteiger partial charge is 0.466 e. The van der Waals surface area contributed by atoms with Crippen LogP contribution in [-0.4, -0.2) is 70.7 Å². The molecule has 0 bridgehead atoms. The summed E-state index contributed by atoms with van der Waals surface area (Å²) in [5.41, 5.74) is -0.671. The Morgan fingerprint density at radius 3 is 2.36 bits per heavy atom. The number of carbonyl (C=O) groups excluding carboxylic acids is 2. The van der Waals surface area contributed by atoms with Gasteiger partial charge in [-0.25, -0.2) is 13.9 Å². The van der Waals surface area contributed by atoms with Crippen LogP contribution in [-0.2, 0) is 28.1 Å². The fraction of sp³-hybridized carbons (Fsp3) is 0.846. The van der Waals surface area contributed by atoms with Crippen molar-refractivity contribution < 1.29 is 47.8 Å². The number of esters is 1. The Labute approximate surface area is 145 Å². The number of hydrogen-bond donors (Lipinski definition) is 3. The SMILES string of the molecule is CCOC(=O)CC(C)(C)CN(CC1OC1O)C(=O)OCOP(=O)(O)O. The highest BCUT2D eigenvalue weighted by Crippen LogP contribution is 2.35. The molecule has 0 aromatic carbocycles. The molecule has 1 amide bonds. The monoisotopic (exact) mass is 385 g/mol. The molecule has 1 heterocycles. The number of aliphatic hydroxyl groups excluding tert-OH is 1. The van der Waals surface area contributed by atoms with E-state index in [4.69, 9.17) is 19.3 Å². The van der Waals surface area contributed by atoms with Gasteiger partial charge in [-0.05, 0) is 12.3 Å². The molecule has 2 atom stereocenters. The molecule has 1 rings (SSSR count). The van der Waals surface area contributed by atoms with Gasteiger partial charge in [-0.2, -0.15) is 0 Å². The summed E-state index contributed by atoms with van der Waals surface area (Å²) in [5.74, 6) is -0.423. The molecule has 0 radical (unpaired) electrons. The molecule has 0 aromatic heterocycles. The molecule has 2 unspecified atom stereocenters.